The van der Waals surface area contributed by atoms with Gasteiger partial charge in [0, 0.05) is 10.5 Å². The van der Waals surface area contributed by atoms with Crippen LogP contribution in [-0.2, 0) is 0 Å². The summed E-state index contributed by atoms with van der Waals surface area (Å²) in [4.78, 5) is 13.9. The first-order valence-electron chi connectivity index (χ1n) is 5.67. The number of allylic oxidation sites excluding steroid dienone is 1. The van der Waals surface area contributed by atoms with Gasteiger partial charge in [0.05, 0.1) is 9.38 Å². The molecular formula is C15H9BrO2S. The maximum absolute atomic E-state index is 12.2. The van der Waals surface area contributed by atoms with Crippen LogP contribution in [0.15, 0.2) is 56.7 Å². The van der Waals surface area contributed by atoms with Crippen molar-refractivity contribution in [1.82, 2.24) is 0 Å². The monoisotopic (exact) mass is 332 g/mol. The van der Waals surface area contributed by atoms with Gasteiger partial charge in [-0.15, -0.1) is 0 Å². The number of ketones is 1. The van der Waals surface area contributed by atoms with Gasteiger partial charge >= 0.3 is 0 Å². The summed E-state index contributed by atoms with van der Waals surface area (Å²) < 4.78 is 0.620. The molecule has 0 unspecified atom stereocenters. The summed E-state index contributed by atoms with van der Waals surface area (Å²) >= 11 is 4.75. The fraction of sp³-hybridized carbons (Fsp3) is 0. The zero-order valence-electron chi connectivity index (χ0n) is 9.76. The van der Waals surface area contributed by atoms with Gasteiger partial charge < -0.3 is 5.11 Å². The third-order valence-electron chi connectivity index (χ3n) is 2.84. The van der Waals surface area contributed by atoms with Gasteiger partial charge in [-0.2, -0.15) is 0 Å². The molecule has 1 aliphatic rings. The van der Waals surface area contributed by atoms with E-state index in [1.165, 1.54) is 11.8 Å². The molecule has 0 saturated carbocycles. The number of hydrogen-bond acceptors (Lipinski definition) is 3. The van der Waals surface area contributed by atoms with Crippen LogP contribution in [0.1, 0.15) is 15.9 Å². The van der Waals surface area contributed by atoms with Gasteiger partial charge in [-0.3, -0.25) is 4.79 Å². The first kappa shape index (κ1) is 12.5. The second-order valence-corrected chi connectivity index (χ2v) is 6.08. The van der Waals surface area contributed by atoms with E-state index < -0.39 is 0 Å². The molecule has 1 aliphatic heterocycles. The zero-order chi connectivity index (χ0) is 13.4. The Kier molecular flexibility index (Phi) is 3.21. The summed E-state index contributed by atoms with van der Waals surface area (Å²) in [5.41, 5.74) is 1.64. The van der Waals surface area contributed by atoms with Gasteiger partial charge in [-0.1, -0.05) is 30.0 Å². The number of carbonyl (C=O) groups excluding carboxylic acids is 1. The van der Waals surface area contributed by atoms with Crippen molar-refractivity contribution >= 4 is 39.6 Å². The van der Waals surface area contributed by atoms with Crippen LogP contribution in [0.2, 0.25) is 0 Å². The molecule has 0 atom stereocenters. The highest BCUT2D eigenvalue weighted by Gasteiger charge is 2.25. The van der Waals surface area contributed by atoms with E-state index in [1.807, 2.05) is 30.3 Å². The van der Waals surface area contributed by atoms with Crippen molar-refractivity contribution in [2.24, 2.45) is 0 Å². The summed E-state index contributed by atoms with van der Waals surface area (Å²) in [6.45, 7) is 0. The first-order chi connectivity index (χ1) is 9.15. The van der Waals surface area contributed by atoms with Crippen LogP contribution < -0.4 is 0 Å². The number of thioether (sulfide) groups is 1. The molecule has 2 nitrogen and oxygen atoms in total. The lowest BCUT2D eigenvalue weighted by Crippen LogP contribution is -1.93. The molecule has 1 heterocycles. The van der Waals surface area contributed by atoms with Crippen LogP contribution >= 0.6 is 27.7 Å². The van der Waals surface area contributed by atoms with Crippen LogP contribution in [0.25, 0.3) is 6.08 Å². The number of rotatable bonds is 1. The van der Waals surface area contributed by atoms with E-state index >= 15 is 0 Å². The molecule has 0 bridgehead atoms. The summed E-state index contributed by atoms with van der Waals surface area (Å²) in [7, 11) is 0. The number of benzene rings is 2. The van der Waals surface area contributed by atoms with Crippen molar-refractivity contribution in [3.8, 4) is 5.75 Å². The smallest absolute Gasteiger partial charge is 0.200 e. The molecular weight excluding hydrogens is 324 g/mol. The fourth-order valence-corrected chi connectivity index (χ4v) is 3.35. The van der Waals surface area contributed by atoms with Crippen LogP contribution in [-0.4, -0.2) is 10.9 Å². The average Bonchev–Trinajstić information content (AvgIpc) is 2.72. The Morgan fingerprint density at radius 2 is 1.95 bits per heavy atom. The van der Waals surface area contributed by atoms with Crippen molar-refractivity contribution in [1.29, 1.82) is 0 Å². The third kappa shape index (κ3) is 2.33. The number of carbonyl (C=O) groups is 1. The SMILES string of the molecule is O=C1C(=Cc2ccc(O)c(Br)c2)Sc2ccccc21. The average molecular weight is 333 g/mol. The lowest BCUT2D eigenvalue weighted by molar-refractivity contribution is 0.104. The minimum atomic E-state index is 0.0600. The quantitative estimate of drug-likeness (QED) is 0.782. The van der Waals surface area contributed by atoms with E-state index in [0.717, 1.165) is 16.0 Å². The van der Waals surface area contributed by atoms with Crippen molar-refractivity contribution in [3.63, 3.8) is 0 Å². The predicted molar refractivity (Wildman–Crippen MR) is 80.4 cm³/mol. The Labute approximate surface area is 123 Å². The number of Topliss-reactive ketones (excluding diaryl/α,β-unsaturated/α-hetero) is 1. The summed E-state index contributed by atoms with van der Waals surface area (Å²) in [5.74, 6) is 0.251. The molecule has 94 valence electrons. The second-order valence-electron chi connectivity index (χ2n) is 4.15. The molecule has 4 heteroatoms. The number of halogens is 1. The van der Waals surface area contributed by atoms with E-state index in [2.05, 4.69) is 15.9 Å². The van der Waals surface area contributed by atoms with Gasteiger partial charge in [0.15, 0.2) is 0 Å². The Balaban J connectivity index is 1.98. The Morgan fingerprint density at radius 1 is 1.16 bits per heavy atom. The van der Waals surface area contributed by atoms with Gasteiger partial charge in [0.2, 0.25) is 5.78 Å². The molecule has 0 fully saturated rings. The van der Waals surface area contributed by atoms with Crippen LogP contribution in [0, 0.1) is 0 Å². The molecule has 1 N–H and O–H groups in total. The largest absolute Gasteiger partial charge is 0.507 e. The molecule has 0 amide bonds. The molecule has 19 heavy (non-hydrogen) atoms. The highest BCUT2D eigenvalue weighted by molar-refractivity contribution is 9.10. The minimum absolute atomic E-state index is 0.0600. The van der Waals surface area contributed by atoms with E-state index in [9.17, 15) is 9.90 Å². The lowest BCUT2D eigenvalue weighted by Gasteiger charge is -1.99. The number of fused-ring (bicyclic) bond motifs is 1. The van der Waals surface area contributed by atoms with Gasteiger partial charge in [0.25, 0.3) is 0 Å². The van der Waals surface area contributed by atoms with Crippen molar-refractivity contribution < 1.29 is 9.90 Å². The van der Waals surface area contributed by atoms with Crippen molar-refractivity contribution in [3.05, 3.63) is 63.0 Å². The van der Waals surface area contributed by atoms with E-state index in [4.69, 9.17) is 0 Å². The fourth-order valence-electron chi connectivity index (χ4n) is 1.90. The maximum atomic E-state index is 12.2. The molecule has 0 aliphatic carbocycles. The highest BCUT2D eigenvalue weighted by atomic mass is 79.9. The van der Waals surface area contributed by atoms with Crippen molar-refractivity contribution in [2.75, 3.05) is 0 Å². The number of aromatic hydroxyl groups is 1. The maximum Gasteiger partial charge on any atom is 0.200 e. The Bertz CT molecular complexity index is 707. The van der Waals surface area contributed by atoms with Gasteiger partial charge in [0.1, 0.15) is 5.75 Å². The van der Waals surface area contributed by atoms with E-state index in [-0.39, 0.29) is 11.5 Å². The second kappa shape index (κ2) is 4.87. The van der Waals surface area contributed by atoms with E-state index in [1.54, 1.807) is 18.2 Å². The highest BCUT2D eigenvalue weighted by Crippen LogP contribution is 2.40. The van der Waals surface area contributed by atoms with Crippen molar-refractivity contribution in [2.45, 2.75) is 4.90 Å². The number of hydrogen-bond donors (Lipinski definition) is 1. The standard InChI is InChI=1S/C15H9BrO2S/c16-11-7-9(5-6-12(11)17)8-14-15(18)10-3-1-2-4-13(10)19-14/h1-8,17H. The minimum Gasteiger partial charge on any atom is -0.507 e. The molecule has 0 saturated heterocycles. The summed E-state index contributed by atoms with van der Waals surface area (Å²) in [6, 6.07) is 12.8. The molecule has 0 radical (unpaired) electrons. The number of phenolic OH excluding ortho intramolecular Hbond substituents is 1. The van der Waals surface area contributed by atoms with Crippen LogP contribution in [0.5, 0.6) is 5.75 Å². The number of phenols is 1. The first-order valence-corrected chi connectivity index (χ1v) is 7.28. The molecule has 2 aromatic rings. The zero-order valence-corrected chi connectivity index (χ0v) is 12.2. The summed E-state index contributed by atoms with van der Waals surface area (Å²) in [5, 5.41) is 9.46. The third-order valence-corrected chi connectivity index (χ3v) is 4.58. The van der Waals surface area contributed by atoms with Crippen LogP contribution in [0.3, 0.4) is 0 Å². The molecule has 2 aromatic carbocycles. The Morgan fingerprint density at radius 3 is 2.68 bits per heavy atom. The normalized spacial score (nSPS) is 15.8. The Hall–Kier alpha value is -1.52. The van der Waals surface area contributed by atoms with Gasteiger partial charge in [-0.25, -0.2) is 0 Å². The lowest BCUT2D eigenvalue weighted by atomic mass is 10.1. The molecule has 0 spiro atoms. The van der Waals surface area contributed by atoms with Crippen LogP contribution in [0.4, 0.5) is 0 Å². The summed E-state index contributed by atoms with van der Waals surface area (Å²) in [6.07, 6.45) is 1.84. The topological polar surface area (TPSA) is 37.3 Å². The molecule has 0 aromatic heterocycles. The predicted octanol–water partition coefficient (Wildman–Crippen LogP) is 4.48. The van der Waals surface area contributed by atoms with E-state index in [0.29, 0.717) is 9.38 Å². The molecule has 3 rings (SSSR count). The van der Waals surface area contributed by atoms with Gasteiger partial charge in [-0.05, 0) is 51.8 Å².